The molecule has 0 atom stereocenters. The molecular weight excluding hydrogens is 368 g/mol. The zero-order valence-electron chi connectivity index (χ0n) is 16.5. The van der Waals surface area contributed by atoms with Gasteiger partial charge in [0.25, 0.3) is 0 Å². The zero-order chi connectivity index (χ0) is 18.5. The highest BCUT2D eigenvalue weighted by Gasteiger charge is 2.15. The summed E-state index contributed by atoms with van der Waals surface area (Å²) in [5, 5.41) is 0. The van der Waals surface area contributed by atoms with E-state index in [2.05, 4.69) is 53.1 Å². The van der Waals surface area contributed by atoms with Gasteiger partial charge in [0.05, 0.1) is 18.1 Å². The molecule has 3 aromatic rings. The lowest BCUT2D eigenvalue weighted by molar-refractivity contribution is -0.00000582. The molecular formula is C24H28ClN2O-. The van der Waals surface area contributed by atoms with Crippen molar-refractivity contribution in [3.05, 3.63) is 59.9 Å². The van der Waals surface area contributed by atoms with Crippen molar-refractivity contribution in [2.75, 3.05) is 7.11 Å². The van der Waals surface area contributed by atoms with Crippen LogP contribution in [-0.2, 0) is 6.54 Å². The average Bonchev–Trinajstić information content (AvgIpc) is 3.09. The minimum atomic E-state index is 0. The van der Waals surface area contributed by atoms with Crippen LogP contribution >= 0.6 is 0 Å². The molecule has 3 nitrogen and oxygen atoms in total. The summed E-state index contributed by atoms with van der Waals surface area (Å²) in [6, 6.07) is 16.6. The van der Waals surface area contributed by atoms with E-state index >= 15 is 0 Å². The van der Waals surface area contributed by atoms with Crippen LogP contribution in [0, 0.1) is 5.92 Å². The number of aryl methyl sites for hydroxylation is 1. The van der Waals surface area contributed by atoms with Crippen LogP contribution in [0.25, 0.3) is 23.2 Å². The van der Waals surface area contributed by atoms with E-state index in [0.29, 0.717) is 0 Å². The number of nitrogens with zero attached hydrogens (tertiary/aromatic N) is 2. The van der Waals surface area contributed by atoms with E-state index in [1.165, 1.54) is 44.0 Å². The monoisotopic (exact) mass is 395 g/mol. The van der Waals surface area contributed by atoms with E-state index in [1.807, 2.05) is 12.1 Å². The number of rotatable bonds is 6. The van der Waals surface area contributed by atoms with E-state index in [-0.39, 0.29) is 12.4 Å². The molecule has 2 aromatic carbocycles. The largest absolute Gasteiger partial charge is 1.00 e. The molecule has 4 heteroatoms. The number of methoxy groups -OCH3 is 1. The molecule has 0 spiro atoms. The number of benzene rings is 2. The number of fused-ring (bicyclic) bond motifs is 1. The van der Waals surface area contributed by atoms with Gasteiger partial charge in [-0.05, 0) is 48.2 Å². The molecule has 1 fully saturated rings. The number of para-hydroxylation sites is 2. The summed E-state index contributed by atoms with van der Waals surface area (Å²) in [7, 11) is 1.69. The number of halogens is 1. The predicted molar refractivity (Wildman–Crippen MR) is 113 cm³/mol. The van der Waals surface area contributed by atoms with Crippen molar-refractivity contribution in [1.29, 1.82) is 0 Å². The Labute approximate surface area is 173 Å². The van der Waals surface area contributed by atoms with Gasteiger partial charge in [-0.3, -0.25) is 0 Å². The number of aromatic nitrogens is 2. The van der Waals surface area contributed by atoms with Crippen LogP contribution in [0.2, 0.25) is 0 Å². The van der Waals surface area contributed by atoms with E-state index < -0.39 is 0 Å². The summed E-state index contributed by atoms with van der Waals surface area (Å²) in [5.41, 5.74) is 3.47. The van der Waals surface area contributed by atoms with Crippen LogP contribution in [0.3, 0.4) is 0 Å². The molecule has 0 N–H and O–H groups in total. The summed E-state index contributed by atoms with van der Waals surface area (Å²) in [4.78, 5) is 4.88. The molecule has 0 aliphatic heterocycles. The number of ether oxygens (including phenoxy) is 1. The third-order valence-electron chi connectivity index (χ3n) is 5.71. The Morgan fingerprint density at radius 2 is 1.75 bits per heavy atom. The lowest BCUT2D eigenvalue weighted by atomic mass is 9.87. The Balaban J connectivity index is 0.00000225. The van der Waals surface area contributed by atoms with Crippen molar-refractivity contribution in [3.63, 3.8) is 0 Å². The maximum atomic E-state index is 5.24. The van der Waals surface area contributed by atoms with Crippen molar-refractivity contribution >= 4 is 23.2 Å². The third-order valence-corrected chi connectivity index (χ3v) is 5.71. The quantitative estimate of drug-likeness (QED) is 0.641. The molecule has 0 bridgehead atoms. The minimum absolute atomic E-state index is 0. The Morgan fingerprint density at radius 3 is 2.50 bits per heavy atom. The molecule has 4 rings (SSSR count). The summed E-state index contributed by atoms with van der Waals surface area (Å²) in [6.45, 7) is 1.05. The van der Waals surface area contributed by atoms with E-state index in [1.54, 1.807) is 7.11 Å². The van der Waals surface area contributed by atoms with Gasteiger partial charge < -0.3 is 21.7 Å². The molecule has 0 unspecified atom stereocenters. The molecule has 28 heavy (non-hydrogen) atoms. The second-order valence-corrected chi connectivity index (χ2v) is 7.51. The van der Waals surface area contributed by atoms with E-state index in [4.69, 9.17) is 9.72 Å². The van der Waals surface area contributed by atoms with E-state index in [9.17, 15) is 0 Å². The maximum Gasteiger partial charge on any atom is 0.133 e. The van der Waals surface area contributed by atoms with Crippen LogP contribution in [-0.4, -0.2) is 16.7 Å². The summed E-state index contributed by atoms with van der Waals surface area (Å²) >= 11 is 0. The molecule has 1 aliphatic carbocycles. The normalized spacial score (nSPS) is 15.0. The molecule has 0 radical (unpaired) electrons. The Bertz CT molecular complexity index is 908. The van der Waals surface area contributed by atoms with Crippen LogP contribution in [0.1, 0.15) is 49.9 Å². The highest BCUT2D eigenvalue weighted by Crippen LogP contribution is 2.28. The zero-order valence-corrected chi connectivity index (χ0v) is 17.2. The molecule has 0 amide bonds. The van der Waals surface area contributed by atoms with Gasteiger partial charge in [0.1, 0.15) is 11.6 Å². The Kier molecular flexibility index (Phi) is 7.16. The van der Waals surface area contributed by atoms with Crippen LogP contribution in [0.15, 0.2) is 48.5 Å². The van der Waals surface area contributed by atoms with Gasteiger partial charge >= 0.3 is 0 Å². The van der Waals surface area contributed by atoms with Crippen LogP contribution < -0.4 is 17.1 Å². The SMILES string of the molecule is COc1ccc(/C=C/c2nc3ccccc3n2CCC2CCCCC2)cc1.[Cl-]. The topological polar surface area (TPSA) is 27.1 Å². The lowest BCUT2D eigenvalue weighted by Gasteiger charge is -2.22. The van der Waals surface area contributed by atoms with Gasteiger partial charge in [0.15, 0.2) is 0 Å². The molecule has 1 aromatic heterocycles. The average molecular weight is 396 g/mol. The maximum absolute atomic E-state index is 5.24. The number of hydrogen-bond acceptors (Lipinski definition) is 2. The lowest BCUT2D eigenvalue weighted by Crippen LogP contribution is -3.00. The minimum Gasteiger partial charge on any atom is -1.00 e. The smallest absolute Gasteiger partial charge is 0.133 e. The van der Waals surface area contributed by atoms with Gasteiger partial charge in [-0.2, -0.15) is 0 Å². The molecule has 1 saturated carbocycles. The second-order valence-electron chi connectivity index (χ2n) is 7.51. The first-order valence-electron chi connectivity index (χ1n) is 10.1. The van der Waals surface area contributed by atoms with Gasteiger partial charge in [-0.15, -0.1) is 0 Å². The summed E-state index contributed by atoms with van der Waals surface area (Å²) in [6.07, 6.45) is 12.5. The molecule has 1 aliphatic rings. The van der Waals surface area contributed by atoms with E-state index in [0.717, 1.165) is 35.1 Å². The standard InChI is InChI=1S/C24H28N2O.ClH/c1-27-21-14-11-20(12-15-21)13-16-24-25-22-9-5-6-10-23(22)26(24)18-17-19-7-3-2-4-8-19;/h5-6,9-16,19H,2-4,7-8,17-18H2,1H3;1H/p-1/b16-13+;. The first-order valence-corrected chi connectivity index (χ1v) is 10.1. The van der Waals surface area contributed by atoms with Gasteiger partial charge in [-0.1, -0.05) is 62.4 Å². The first kappa shape index (κ1) is 20.5. The second kappa shape index (κ2) is 9.79. The van der Waals surface area contributed by atoms with Crippen molar-refractivity contribution in [3.8, 4) is 5.75 Å². The highest BCUT2D eigenvalue weighted by molar-refractivity contribution is 5.79. The first-order chi connectivity index (χ1) is 13.3. The molecule has 0 saturated heterocycles. The van der Waals surface area contributed by atoms with Gasteiger partial charge in [-0.25, -0.2) is 4.98 Å². The fourth-order valence-corrected chi connectivity index (χ4v) is 4.13. The van der Waals surface area contributed by atoms with Crippen LogP contribution in [0.5, 0.6) is 5.75 Å². The molecule has 1 heterocycles. The third kappa shape index (κ3) is 4.77. The summed E-state index contributed by atoms with van der Waals surface area (Å²) < 4.78 is 7.63. The predicted octanol–water partition coefficient (Wildman–Crippen LogP) is 3.19. The van der Waals surface area contributed by atoms with Crippen molar-refractivity contribution in [2.24, 2.45) is 5.92 Å². The van der Waals surface area contributed by atoms with Crippen molar-refractivity contribution in [2.45, 2.75) is 45.1 Å². The Hall–Kier alpha value is -2.26. The van der Waals surface area contributed by atoms with Crippen molar-refractivity contribution in [1.82, 2.24) is 9.55 Å². The number of imidazole rings is 1. The van der Waals surface area contributed by atoms with Crippen molar-refractivity contribution < 1.29 is 17.1 Å². The summed E-state index contributed by atoms with van der Waals surface area (Å²) in [5.74, 6) is 2.80. The van der Waals surface area contributed by atoms with Crippen LogP contribution in [0.4, 0.5) is 0 Å². The Morgan fingerprint density at radius 1 is 1.00 bits per heavy atom. The van der Waals surface area contributed by atoms with Gasteiger partial charge in [0.2, 0.25) is 0 Å². The highest BCUT2D eigenvalue weighted by atomic mass is 35.5. The molecule has 148 valence electrons. The fourth-order valence-electron chi connectivity index (χ4n) is 4.13. The fraction of sp³-hybridized carbons (Fsp3) is 0.375. The van der Waals surface area contributed by atoms with Gasteiger partial charge in [0, 0.05) is 6.54 Å². The number of hydrogen-bond donors (Lipinski definition) is 0.